The lowest BCUT2D eigenvalue weighted by atomic mass is 10.1. The van der Waals surface area contributed by atoms with Gasteiger partial charge in [0.05, 0.1) is 18.3 Å². The third-order valence-electron chi connectivity index (χ3n) is 3.24. The molecule has 0 saturated carbocycles. The molecule has 0 aliphatic rings. The van der Waals surface area contributed by atoms with Crippen molar-refractivity contribution in [2.75, 3.05) is 6.54 Å². The van der Waals surface area contributed by atoms with E-state index in [-0.39, 0.29) is 12.6 Å². The molecule has 2 rings (SSSR count). The number of carbonyl (C=O) groups excluding carboxylic acids is 1. The summed E-state index contributed by atoms with van der Waals surface area (Å²) in [5.41, 5.74) is 2.53. The molecule has 116 valence electrons. The molecule has 5 nitrogen and oxygen atoms in total. The van der Waals surface area contributed by atoms with Gasteiger partial charge in [0, 0.05) is 17.8 Å². The van der Waals surface area contributed by atoms with Crippen molar-refractivity contribution in [2.45, 2.75) is 19.6 Å². The SMILES string of the molecule is Cc1cccnc1CNC(=O)NCC(O)c1ccc(Cl)cc1. The summed E-state index contributed by atoms with van der Waals surface area (Å²) in [5, 5.41) is 15.9. The van der Waals surface area contributed by atoms with Crippen molar-refractivity contribution in [1.82, 2.24) is 15.6 Å². The van der Waals surface area contributed by atoms with Crippen molar-refractivity contribution in [1.29, 1.82) is 0 Å². The molecule has 0 saturated heterocycles. The van der Waals surface area contributed by atoms with Gasteiger partial charge in [-0.2, -0.15) is 0 Å². The van der Waals surface area contributed by atoms with Crippen LogP contribution in [0, 0.1) is 6.92 Å². The lowest BCUT2D eigenvalue weighted by Crippen LogP contribution is -2.37. The summed E-state index contributed by atoms with van der Waals surface area (Å²) >= 11 is 5.79. The number of pyridine rings is 1. The highest BCUT2D eigenvalue weighted by Gasteiger charge is 2.09. The number of urea groups is 1. The molecule has 0 radical (unpaired) electrons. The standard InChI is InChI=1S/C16H18ClN3O2/c1-11-3-2-8-18-14(11)9-19-16(22)20-10-15(21)12-4-6-13(17)7-5-12/h2-8,15,21H,9-10H2,1H3,(H2,19,20,22). The second-order valence-corrected chi connectivity index (χ2v) is 5.33. The molecule has 0 fully saturated rings. The second kappa shape index (κ2) is 7.77. The van der Waals surface area contributed by atoms with Crippen molar-refractivity contribution in [3.63, 3.8) is 0 Å². The Labute approximate surface area is 134 Å². The van der Waals surface area contributed by atoms with Gasteiger partial charge in [0.1, 0.15) is 0 Å². The number of halogens is 1. The molecule has 1 unspecified atom stereocenters. The lowest BCUT2D eigenvalue weighted by Gasteiger charge is -2.13. The minimum atomic E-state index is -0.778. The van der Waals surface area contributed by atoms with Gasteiger partial charge < -0.3 is 15.7 Å². The Balaban J connectivity index is 1.78. The van der Waals surface area contributed by atoms with Crippen molar-refractivity contribution in [2.24, 2.45) is 0 Å². The summed E-state index contributed by atoms with van der Waals surface area (Å²) in [6.45, 7) is 2.40. The highest BCUT2D eigenvalue weighted by atomic mass is 35.5. The Morgan fingerprint density at radius 3 is 2.68 bits per heavy atom. The van der Waals surface area contributed by atoms with E-state index in [2.05, 4.69) is 15.6 Å². The molecule has 3 N–H and O–H groups in total. The van der Waals surface area contributed by atoms with Gasteiger partial charge in [-0.1, -0.05) is 29.8 Å². The molecular formula is C16H18ClN3O2. The van der Waals surface area contributed by atoms with Crippen LogP contribution in [0.5, 0.6) is 0 Å². The van der Waals surface area contributed by atoms with E-state index in [0.29, 0.717) is 17.1 Å². The van der Waals surface area contributed by atoms with Crippen LogP contribution < -0.4 is 10.6 Å². The predicted molar refractivity (Wildman–Crippen MR) is 85.6 cm³/mol. The van der Waals surface area contributed by atoms with Crippen LogP contribution in [0.15, 0.2) is 42.6 Å². The van der Waals surface area contributed by atoms with E-state index in [0.717, 1.165) is 11.3 Å². The predicted octanol–water partition coefficient (Wildman–Crippen LogP) is 2.58. The second-order valence-electron chi connectivity index (χ2n) is 4.90. The molecule has 2 aromatic rings. The normalized spacial score (nSPS) is 11.8. The van der Waals surface area contributed by atoms with Gasteiger partial charge >= 0.3 is 6.03 Å². The Morgan fingerprint density at radius 1 is 1.27 bits per heavy atom. The van der Waals surface area contributed by atoms with Gasteiger partial charge in [-0.3, -0.25) is 4.98 Å². The molecular weight excluding hydrogens is 302 g/mol. The molecule has 1 atom stereocenters. The number of aliphatic hydroxyl groups excluding tert-OH is 1. The largest absolute Gasteiger partial charge is 0.387 e. The lowest BCUT2D eigenvalue weighted by molar-refractivity contribution is 0.173. The molecule has 0 aliphatic heterocycles. The summed E-state index contributed by atoms with van der Waals surface area (Å²) in [6.07, 6.45) is 0.909. The van der Waals surface area contributed by atoms with Crippen molar-refractivity contribution in [3.05, 3.63) is 64.4 Å². The summed E-state index contributed by atoms with van der Waals surface area (Å²) in [6, 6.07) is 10.3. The van der Waals surface area contributed by atoms with Crippen molar-refractivity contribution >= 4 is 17.6 Å². The molecule has 0 bridgehead atoms. The average molecular weight is 320 g/mol. The van der Waals surface area contributed by atoms with Crippen LogP contribution in [-0.2, 0) is 6.54 Å². The number of nitrogens with zero attached hydrogens (tertiary/aromatic N) is 1. The van der Waals surface area contributed by atoms with Crippen LogP contribution in [0.1, 0.15) is 22.9 Å². The van der Waals surface area contributed by atoms with Crippen LogP contribution in [0.3, 0.4) is 0 Å². The highest BCUT2D eigenvalue weighted by molar-refractivity contribution is 6.30. The highest BCUT2D eigenvalue weighted by Crippen LogP contribution is 2.15. The van der Waals surface area contributed by atoms with Crippen LogP contribution >= 0.6 is 11.6 Å². The molecule has 0 spiro atoms. The maximum Gasteiger partial charge on any atom is 0.315 e. The zero-order valence-corrected chi connectivity index (χ0v) is 13.0. The third kappa shape index (κ3) is 4.72. The van der Waals surface area contributed by atoms with E-state index >= 15 is 0 Å². The first-order chi connectivity index (χ1) is 10.6. The first-order valence-electron chi connectivity index (χ1n) is 6.92. The van der Waals surface area contributed by atoms with Crippen molar-refractivity contribution < 1.29 is 9.90 Å². The number of amides is 2. The Kier molecular flexibility index (Phi) is 5.75. The van der Waals surface area contributed by atoms with Gasteiger partial charge in [-0.05, 0) is 36.2 Å². The number of hydrogen-bond acceptors (Lipinski definition) is 3. The summed E-state index contributed by atoms with van der Waals surface area (Å²) in [5.74, 6) is 0. The topological polar surface area (TPSA) is 74.2 Å². The zero-order chi connectivity index (χ0) is 15.9. The fourth-order valence-electron chi connectivity index (χ4n) is 1.92. The van der Waals surface area contributed by atoms with E-state index in [1.807, 2.05) is 19.1 Å². The number of rotatable bonds is 5. The first kappa shape index (κ1) is 16.3. The van der Waals surface area contributed by atoms with E-state index in [4.69, 9.17) is 11.6 Å². The van der Waals surface area contributed by atoms with Gasteiger partial charge in [0.25, 0.3) is 0 Å². The molecule has 1 aromatic carbocycles. The number of hydrogen-bond donors (Lipinski definition) is 3. The number of benzene rings is 1. The van der Waals surface area contributed by atoms with Crippen LogP contribution in [0.2, 0.25) is 5.02 Å². The maximum absolute atomic E-state index is 11.7. The molecule has 22 heavy (non-hydrogen) atoms. The minimum absolute atomic E-state index is 0.120. The monoisotopic (exact) mass is 319 g/mol. The molecule has 1 heterocycles. The number of carbonyl (C=O) groups is 1. The Bertz CT molecular complexity index is 632. The number of aliphatic hydroxyl groups is 1. The summed E-state index contributed by atoms with van der Waals surface area (Å²) in [4.78, 5) is 15.9. The first-order valence-corrected chi connectivity index (χ1v) is 7.30. The minimum Gasteiger partial charge on any atom is -0.387 e. The number of aryl methyl sites for hydroxylation is 1. The van der Waals surface area contributed by atoms with E-state index in [9.17, 15) is 9.90 Å². The third-order valence-corrected chi connectivity index (χ3v) is 3.50. The molecule has 0 aliphatic carbocycles. The smallest absolute Gasteiger partial charge is 0.315 e. The zero-order valence-electron chi connectivity index (χ0n) is 12.2. The maximum atomic E-state index is 11.7. The Morgan fingerprint density at radius 2 is 2.00 bits per heavy atom. The van der Waals surface area contributed by atoms with E-state index in [1.54, 1.807) is 30.5 Å². The molecule has 6 heteroatoms. The van der Waals surface area contributed by atoms with Crippen LogP contribution in [0.4, 0.5) is 4.79 Å². The van der Waals surface area contributed by atoms with Gasteiger partial charge in [0.2, 0.25) is 0 Å². The molecule has 1 aromatic heterocycles. The number of nitrogens with one attached hydrogen (secondary N) is 2. The summed E-state index contributed by atoms with van der Waals surface area (Å²) < 4.78 is 0. The quantitative estimate of drug-likeness (QED) is 0.793. The van der Waals surface area contributed by atoms with E-state index in [1.165, 1.54) is 0 Å². The van der Waals surface area contributed by atoms with Gasteiger partial charge in [-0.15, -0.1) is 0 Å². The van der Waals surface area contributed by atoms with Crippen LogP contribution in [-0.4, -0.2) is 22.7 Å². The summed E-state index contributed by atoms with van der Waals surface area (Å²) in [7, 11) is 0. The Hall–Kier alpha value is -2.11. The van der Waals surface area contributed by atoms with Gasteiger partial charge in [-0.25, -0.2) is 4.79 Å². The fraction of sp³-hybridized carbons (Fsp3) is 0.250. The van der Waals surface area contributed by atoms with Crippen LogP contribution in [0.25, 0.3) is 0 Å². The van der Waals surface area contributed by atoms with E-state index < -0.39 is 6.10 Å². The molecule has 2 amide bonds. The number of aromatic nitrogens is 1. The average Bonchev–Trinajstić information content (AvgIpc) is 2.52. The van der Waals surface area contributed by atoms with Crippen molar-refractivity contribution in [3.8, 4) is 0 Å². The fourth-order valence-corrected chi connectivity index (χ4v) is 2.05. The van der Waals surface area contributed by atoms with Gasteiger partial charge in [0.15, 0.2) is 0 Å².